The van der Waals surface area contributed by atoms with E-state index in [0.29, 0.717) is 38.0 Å². The van der Waals surface area contributed by atoms with Crippen LogP contribution in [0.2, 0.25) is 0 Å². The molecule has 2 heterocycles. The highest BCUT2D eigenvalue weighted by molar-refractivity contribution is 5.68. The van der Waals surface area contributed by atoms with E-state index in [9.17, 15) is 10.0 Å². The van der Waals surface area contributed by atoms with Crippen LogP contribution in [0.5, 0.6) is 0 Å². The molecule has 1 N–H and O–H groups in total. The first-order valence-electron chi connectivity index (χ1n) is 5.77. The summed E-state index contributed by atoms with van der Waals surface area (Å²) in [6, 6.07) is 0. The number of ether oxygens (including phenoxy) is 1. The monoisotopic (exact) mass is 228 g/mol. The molecule has 0 spiro atoms. The average Bonchev–Trinajstić information content (AvgIpc) is 2.56. The van der Waals surface area contributed by atoms with Crippen molar-refractivity contribution in [3.63, 3.8) is 0 Å². The second-order valence-corrected chi connectivity index (χ2v) is 5.78. The maximum Gasteiger partial charge on any atom is 0.410 e. The maximum absolute atomic E-state index is 11.8. The summed E-state index contributed by atoms with van der Waals surface area (Å²) in [4.78, 5) is 13.6. The molecule has 2 aliphatic rings. The Balaban J connectivity index is 1.88. The van der Waals surface area contributed by atoms with Crippen molar-refractivity contribution in [2.45, 2.75) is 26.4 Å². The van der Waals surface area contributed by atoms with E-state index >= 15 is 0 Å². The fourth-order valence-electron chi connectivity index (χ4n) is 2.44. The minimum Gasteiger partial charge on any atom is -0.444 e. The van der Waals surface area contributed by atoms with E-state index in [0.717, 1.165) is 0 Å². The zero-order chi connectivity index (χ0) is 11.9. The summed E-state index contributed by atoms with van der Waals surface area (Å²) in [6.45, 7) is 8.37. The molecule has 0 aromatic heterocycles. The smallest absolute Gasteiger partial charge is 0.410 e. The maximum atomic E-state index is 11.8. The minimum atomic E-state index is -0.433. The quantitative estimate of drug-likeness (QED) is 0.676. The summed E-state index contributed by atoms with van der Waals surface area (Å²) in [5.41, 5.74) is -0.433. The van der Waals surface area contributed by atoms with Crippen molar-refractivity contribution in [2.24, 2.45) is 11.8 Å². The van der Waals surface area contributed by atoms with Crippen molar-refractivity contribution >= 4 is 6.09 Å². The van der Waals surface area contributed by atoms with Gasteiger partial charge in [-0.05, 0) is 32.6 Å². The summed E-state index contributed by atoms with van der Waals surface area (Å²) >= 11 is 0. The van der Waals surface area contributed by atoms with Crippen LogP contribution in [-0.4, -0.2) is 53.0 Å². The lowest BCUT2D eigenvalue weighted by Gasteiger charge is -2.25. The van der Waals surface area contributed by atoms with Gasteiger partial charge in [-0.25, -0.2) is 4.79 Å². The Morgan fingerprint density at radius 2 is 1.69 bits per heavy atom. The summed E-state index contributed by atoms with van der Waals surface area (Å²) in [7, 11) is 0. The predicted molar refractivity (Wildman–Crippen MR) is 58.1 cm³/mol. The summed E-state index contributed by atoms with van der Waals surface area (Å²) in [5.74, 6) is 0.801. The van der Waals surface area contributed by atoms with Crippen molar-refractivity contribution in [1.82, 2.24) is 9.96 Å². The Morgan fingerprint density at radius 1 is 1.19 bits per heavy atom. The fourth-order valence-corrected chi connectivity index (χ4v) is 2.44. The summed E-state index contributed by atoms with van der Waals surface area (Å²) in [5, 5.41) is 10.7. The third kappa shape index (κ3) is 2.47. The number of hydrogen-bond acceptors (Lipinski definition) is 4. The lowest BCUT2D eigenvalue weighted by molar-refractivity contribution is -0.0770. The number of likely N-dealkylation sites (tertiary alicyclic amines) is 1. The Bertz CT molecular complexity index is 273. The van der Waals surface area contributed by atoms with Crippen LogP contribution in [0.1, 0.15) is 20.8 Å². The molecule has 92 valence electrons. The van der Waals surface area contributed by atoms with Crippen LogP contribution in [0.4, 0.5) is 4.79 Å². The molecule has 0 unspecified atom stereocenters. The van der Waals surface area contributed by atoms with Crippen LogP contribution < -0.4 is 0 Å². The summed E-state index contributed by atoms with van der Waals surface area (Å²) in [6.07, 6.45) is -0.230. The predicted octanol–water partition coefficient (Wildman–Crippen LogP) is 1.17. The van der Waals surface area contributed by atoms with E-state index in [1.54, 1.807) is 4.90 Å². The molecule has 2 rings (SSSR count). The molecule has 0 radical (unpaired) electrons. The van der Waals surface area contributed by atoms with Gasteiger partial charge in [-0.15, -0.1) is 0 Å². The van der Waals surface area contributed by atoms with Crippen LogP contribution in [0.15, 0.2) is 0 Å². The lowest BCUT2D eigenvalue weighted by Crippen LogP contribution is -2.37. The first-order valence-corrected chi connectivity index (χ1v) is 5.77. The number of carbonyl (C=O) groups excluding carboxylic acids is 1. The molecule has 0 saturated carbocycles. The van der Waals surface area contributed by atoms with Gasteiger partial charge < -0.3 is 14.8 Å². The molecule has 16 heavy (non-hydrogen) atoms. The first kappa shape index (κ1) is 11.7. The van der Waals surface area contributed by atoms with E-state index in [4.69, 9.17) is 4.74 Å². The molecule has 0 aromatic carbocycles. The Hall–Kier alpha value is -0.810. The van der Waals surface area contributed by atoms with Gasteiger partial charge in [0.05, 0.1) is 0 Å². The highest BCUT2D eigenvalue weighted by atomic mass is 16.6. The molecule has 2 saturated heterocycles. The Labute approximate surface area is 95.9 Å². The van der Waals surface area contributed by atoms with Crippen LogP contribution >= 0.6 is 0 Å². The van der Waals surface area contributed by atoms with Crippen LogP contribution in [-0.2, 0) is 4.74 Å². The standard InChI is InChI=1S/C11H20N2O3/c1-11(2,3)16-10(14)12-4-8-6-13(15)7-9(8)5-12/h8-9,15H,4-7H2,1-3H3/t8-,9+. The van der Waals surface area contributed by atoms with Gasteiger partial charge >= 0.3 is 6.09 Å². The van der Waals surface area contributed by atoms with E-state index < -0.39 is 5.60 Å². The highest BCUT2D eigenvalue weighted by Crippen LogP contribution is 2.30. The third-order valence-corrected chi connectivity index (χ3v) is 3.12. The normalized spacial score (nSPS) is 30.6. The SMILES string of the molecule is CC(C)(C)OC(=O)N1C[C@H]2CN(O)C[C@H]2C1. The molecule has 0 aliphatic carbocycles. The highest BCUT2D eigenvalue weighted by Gasteiger charge is 2.42. The third-order valence-electron chi connectivity index (χ3n) is 3.12. The number of hydrogen-bond donors (Lipinski definition) is 1. The molecule has 0 aromatic rings. The van der Waals surface area contributed by atoms with Crippen molar-refractivity contribution in [2.75, 3.05) is 26.2 Å². The molecule has 0 bridgehead atoms. The van der Waals surface area contributed by atoms with Crippen LogP contribution in [0.25, 0.3) is 0 Å². The minimum absolute atomic E-state index is 0.230. The fraction of sp³-hybridized carbons (Fsp3) is 0.909. The van der Waals surface area contributed by atoms with Gasteiger partial charge in [-0.2, -0.15) is 5.06 Å². The number of nitrogens with zero attached hydrogens (tertiary/aromatic N) is 2. The largest absolute Gasteiger partial charge is 0.444 e. The van der Waals surface area contributed by atoms with Crippen molar-refractivity contribution in [1.29, 1.82) is 0 Å². The molecule has 1 amide bonds. The van der Waals surface area contributed by atoms with Crippen LogP contribution in [0, 0.1) is 11.8 Å². The van der Waals surface area contributed by atoms with Gasteiger partial charge in [0.15, 0.2) is 0 Å². The number of rotatable bonds is 0. The number of fused-ring (bicyclic) bond motifs is 1. The van der Waals surface area contributed by atoms with E-state index in [2.05, 4.69) is 0 Å². The first-order chi connectivity index (χ1) is 7.35. The van der Waals surface area contributed by atoms with E-state index in [1.807, 2.05) is 20.8 Å². The molecule has 2 atom stereocenters. The molecule has 2 aliphatic heterocycles. The molecular weight excluding hydrogens is 208 g/mol. The second kappa shape index (κ2) is 3.89. The second-order valence-electron chi connectivity index (χ2n) is 5.78. The van der Waals surface area contributed by atoms with Crippen LogP contribution in [0.3, 0.4) is 0 Å². The van der Waals surface area contributed by atoms with Crippen molar-refractivity contribution < 1.29 is 14.7 Å². The van der Waals surface area contributed by atoms with Gasteiger partial charge in [0.25, 0.3) is 0 Å². The van der Waals surface area contributed by atoms with Gasteiger partial charge in [-0.3, -0.25) is 0 Å². The number of carbonyl (C=O) groups is 1. The van der Waals surface area contributed by atoms with Gasteiger partial charge in [0.1, 0.15) is 5.60 Å². The Morgan fingerprint density at radius 3 is 2.12 bits per heavy atom. The zero-order valence-corrected chi connectivity index (χ0v) is 10.1. The van der Waals surface area contributed by atoms with Crippen molar-refractivity contribution in [3.05, 3.63) is 0 Å². The summed E-state index contributed by atoms with van der Waals surface area (Å²) < 4.78 is 5.32. The number of amides is 1. The molecule has 2 fully saturated rings. The zero-order valence-electron chi connectivity index (χ0n) is 10.1. The topological polar surface area (TPSA) is 53.0 Å². The molecular formula is C11H20N2O3. The lowest BCUT2D eigenvalue weighted by atomic mass is 10.0. The van der Waals surface area contributed by atoms with E-state index in [-0.39, 0.29) is 6.09 Å². The molecule has 5 nitrogen and oxygen atoms in total. The number of hydroxylamine groups is 2. The van der Waals surface area contributed by atoms with Gasteiger partial charge in [0.2, 0.25) is 0 Å². The van der Waals surface area contributed by atoms with Crippen molar-refractivity contribution in [3.8, 4) is 0 Å². The van der Waals surface area contributed by atoms with Gasteiger partial charge in [-0.1, -0.05) is 0 Å². The van der Waals surface area contributed by atoms with Gasteiger partial charge in [0, 0.05) is 26.2 Å². The van der Waals surface area contributed by atoms with E-state index in [1.165, 1.54) is 5.06 Å². The molecule has 5 heteroatoms. The Kier molecular flexibility index (Phi) is 2.84. The average molecular weight is 228 g/mol.